The fourth-order valence-corrected chi connectivity index (χ4v) is 3.29. The van der Waals surface area contributed by atoms with Gasteiger partial charge in [-0.05, 0) is 32.8 Å². The van der Waals surface area contributed by atoms with Crippen LogP contribution in [0.15, 0.2) is 18.5 Å². The fraction of sp³-hybridized carbons (Fsp3) is 0.643. The number of nitrogens with one attached hydrogen (secondary N) is 1. The summed E-state index contributed by atoms with van der Waals surface area (Å²) in [5.74, 6) is 0.553. The van der Waals surface area contributed by atoms with Crippen LogP contribution in [0.25, 0.3) is 0 Å². The standard InChI is InChI=1S/C14H20N4O2/c1-9-4-5-14(17-9)8-18(13(14)20)11(10(2)19)12-15-6-3-7-16-12/h3,6-7,9-11,17,19H,4-5,8H2,1-2H3/t9?,10-,11?,14?/m1/s1. The van der Waals surface area contributed by atoms with Crippen molar-refractivity contribution in [3.05, 3.63) is 24.3 Å². The number of aromatic nitrogens is 2. The lowest BCUT2D eigenvalue weighted by atomic mass is 9.84. The Balaban J connectivity index is 1.80. The van der Waals surface area contributed by atoms with E-state index >= 15 is 0 Å². The van der Waals surface area contributed by atoms with Crippen LogP contribution in [-0.4, -0.2) is 50.1 Å². The third-order valence-corrected chi connectivity index (χ3v) is 4.28. The molecule has 6 nitrogen and oxygen atoms in total. The molecule has 2 aliphatic heterocycles. The first-order valence-corrected chi connectivity index (χ1v) is 7.07. The molecule has 2 aliphatic rings. The zero-order valence-electron chi connectivity index (χ0n) is 11.8. The van der Waals surface area contributed by atoms with E-state index in [2.05, 4.69) is 22.2 Å². The van der Waals surface area contributed by atoms with Crippen molar-refractivity contribution < 1.29 is 9.90 Å². The van der Waals surface area contributed by atoms with Gasteiger partial charge in [0.1, 0.15) is 11.6 Å². The minimum atomic E-state index is -0.697. The summed E-state index contributed by atoms with van der Waals surface area (Å²) < 4.78 is 0. The molecule has 2 fully saturated rings. The molecule has 1 aromatic heterocycles. The Morgan fingerprint density at radius 1 is 1.50 bits per heavy atom. The van der Waals surface area contributed by atoms with Crippen LogP contribution in [0.4, 0.5) is 0 Å². The van der Waals surface area contributed by atoms with E-state index in [9.17, 15) is 9.90 Å². The third kappa shape index (κ3) is 1.99. The molecule has 1 amide bonds. The zero-order chi connectivity index (χ0) is 14.3. The number of nitrogens with zero attached hydrogens (tertiary/aromatic N) is 3. The Hall–Kier alpha value is -1.53. The van der Waals surface area contributed by atoms with Crippen molar-refractivity contribution in [3.8, 4) is 0 Å². The number of aliphatic hydroxyl groups is 1. The average molecular weight is 276 g/mol. The molecular formula is C14H20N4O2. The lowest BCUT2D eigenvalue weighted by molar-refractivity contribution is -0.160. The number of hydrogen-bond acceptors (Lipinski definition) is 5. The number of rotatable bonds is 3. The number of carbonyl (C=O) groups is 1. The smallest absolute Gasteiger partial charge is 0.245 e. The highest BCUT2D eigenvalue weighted by Gasteiger charge is 2.57. The maximum absolute atomic E-state index is 12.5. The second-order valence-electron chi connectivity index (χ2n) is 5.89. The third-order valence-electron chi connectivity index (χ3n) is 4.28. The van der Waals surface area contributed by atoms with Crippen molar-refractivity contribution >= 4 is 5.91 Å². The summed E-state index contributed by atoms with van der Waals surface area (Å²) in [6.07, 6.45) is 4.45. The molecule has 3 heterocycles. The van der Waals surface area contributed by atoms with Gasteiger partial charge >= 0.3 is 0 Å². The summed E-state index contributed by atoms with van der Waals surface area (Å²) in [7, 11) is 0. The Morgan fingerprint density at radius 3 is 2.70 bits per heavy atom. The molecule has 2 N–H and O–H groups in total. The summed E-state index contributed by atoms with van der Waals surface area (Å²) in [5.41, 5.74) is -0.415. The van der Waals surface area contributed by atoms with Crippen LogP contribution in [0.1, 0.15) is 38.6 Å². The molecule has 3 unspecified atom stereocenters. The van der Waals surface area contributed by atoms with Crippen molar-refractivity contribution in [2.24, 2.45) is 0 Å². The van der Waals surface area contributed by atoms with Gasteiger partial charge in [-0.25, -0.2) is 9.97 Å². The van der Waals surface area contributed by atoms with Crippen LogP contribution in [0.2, 0.25) is 0 Å². The topological polar surface area (TPSA) is 78.3 Å². The first kappa shape index (κ1) is 13.5. The quantitative estimate of drug-likeness (QED) is 0.774. The number of β-lactam (4-membered cyclic amide) rings is 1. The van der Waals surface area contributed by atoms with Gasteiger partial charge in [-0.2, -0.15) is 0 Å². The number of likely N-dealkylation sites (tertiary alicyclic amines) is 1. The number of aliphatic hydroxyl groups excluding tert-OH is 1. The molecule has 20 heavy (non-hydrogen) atoms. The highest BCUT2D eigenvalue weighted by molar-refractivity contribution is 5.93. The van der Waals surface area contributed by atoms with E-state index in [1.807, 2.05) is 0 Å². The van der Waals surface area contributed by atoms with Gasteiger partial charge in [0, 0.05) is 25.0 Å². The maximum atomic E-state index is 12.5. The second-order valence-corrected chi connectivity index (χ2v) is 5.89. The van der Waals surface area contributed by atoms with Crippen LogP contribution < -0.4 is 5.32 Å². The Morgan fingerprint density at radius 2 is 2.20 bits per heavy atom. The molecule has 0 aliphatic carbocycles. The summed E-state index contributed by atoms with van der Waals surface area (Å²) >= 11 is 0. The van der Waals surface area contributed by atoms with Gasteiger partial charge in [-0.3, -0.25) is 10.1 Å². The molecule has 0 radical (unpaired) electrons. The van der Waals surface area contributed by atoms with Gasteiger partial charge in [0.05, 0.1) is 6.10 Å². The molecule has 4 atom stereocenters. The van der Waals surface area contributed by atoms with Crippen LogP contribution in [-0.2, 0) is 4.79 Å². The normalized spacial score (nSPS) is 32.2. The molecule has 3 rings (SSSR count). The SMILES string of the molecule is CC1CCC2(CN(C(c3ncccn3)[C@@H](C)O)C2=O)N1. The van der Waals surface area contributed by atoms with Gasteiger partial charge in [0.15, 0.2) is 5.82 Å². The van der Waals surface area contributed by atoms with Crippen molar-refractivity contribution in [2.45, 2.75) is 50.4 Å². The van der Waals surface area contributed by atoms with Crippen LogP contribution in [0.5, 0.6) is 0 Å². The van der Waals surface area contributed by atoms with Crippen LogP contribution in [0.3, 0.4) is 0 Å². The molecule has 108 valence electrons. The molecule has 6 heteroatoms. The zero-order valence-corrected chi connectivity index (χ0v) is 11.8. The van der Waals surface area contributed by atoms with Crippen molar-refractivity contribution in [1.29, 1.82) is 0 Å². The number of hydrogen-bond donors (Lipinski definition) is 2. The van der Waals surface area contributed by atoms with Crippen molar-refractivity contribution in [1.82, 2.24) is 20.2 Å². The van der Waals surface area contributed by atoms with E-state index in [0.29, 0.717) is 18.4 Å². The average Bonchev–Trinajstić information content (AvgIpc) is 2.83. The Labute approximate surface area is 118 Å². The van der Waals surface area contributed by atoms with E-state index in [1.54, 1.807) is 30.3 Å². The van der Waals surface area contributed by atoms with Crippen molar-refractivity contribution in [2.75, 3.05) is 6.54 Å². The molecule has 1 aromatic rings. The van der Waals surface area contributed by atoms with Gasteiger partial charge < -0.3 is 10.0 Å². The highest BCUT2D eigenvalue weighted by atomic mass is 16.3. The summed E-state index contributed by atoms with van der Waals surface area (Å²) in [5, 5.41) is 13.4. The first-order valence-electron chi connectivity index (χ1n) is 7.07. The van der Waals surface area contributed by atoms with E-state index in [-0.39, 0.29) is 5.91 Å². The predicted octanol–water partition coefficient (Wildman–Crippen LogP) is 0.251. The fourth-order valence-electron chi connectivity index (χ4n) is 3.29. The highest BCUT2D eigenvalue weighted by Crippen LogP contribution is 2.39. The maximum Gasteiger partial charge on any atom is 0.245 e. The monoisotopic (exact) mass is 276 g/mol. The molecular weight excluding hydrogens is 256 g/mol. The summed E-state index contributed by atoms with van der Waals surface area (Å²) in [4.78, 5) is 22.6. The van der Waals surface area contributed by atoms with Crippen molar-refractivity contribution in [3.63, 3.8) is 0 Å². The molecule has 0 aromatic carbocycles. The van der Waals surface area contributed by atoms with E-state index in [1.165, 1.54) is 0 Å². The van der Waals surface area contributed by atoms with Gasteiger partial charge in [0.2, 0.25) is 5.91 Å². The lowest BCUT2D eigenvalue weighted by Gasteiger charge is -2.50. The molecule has 0 bridgehead atoms. The number of carbonyl (C=O) groups excluding carboxylic acids is 1. The predicted molar refractivity (Wildman–Crippen MR) is 72.7 cm³/mol. The molecule has 2 saturated heterocycles. The van der Waals surface area contributed by atoms with Gasteiger partial charge in [-0.15, -0.1) is 0 Å². The largest absolute Gasteiger partial charge is 0.391 e. The minimum Gasteiger partial charge on any atom is -0.391 e. The summed E-state index contributed by atoms with van der Waals surface area (Å²) in [6, 6.07) is 1.63. The molecule has 1 spiro atoms. The second kappa shape index (κ2) is 4.79. The Bertz CT molecular complexity index is 507. The van der Waals surface area contributed by atoms with Crippen LogP contribution in [0, 0.1) is 0 Å². The van der Waals surface area contributed by atoms with Gasteiger partial charge in [0.25, 0.3) is 0 Å². The van der Waals surface area contributed by atoms with Gasteiger partial charge in [-0.1, -0.05) is 0 Å². The van der Waals surface area contributed by atoms with E-state index in [4.69, 9.17) is 0 Å². The lowest BCUT2D eigenvalue weighted by Crippen LogP contribution is -2.73. The first-order chi connectivity index (χ1) is 9.53. The Kier molecular flexibility index (Phi) is 3.22. The molecule has 0 saturated carbocycles. The van der Waals surface area contributed by atoms with Crippen LogP contribution >= 0.6 is 0 Å². The minimum absolute atomic E-state index is 0.0557. The number of amides is 1. The summed E-state index contributed by atoms with van der Waals surface area (Å²) in [6.45, 7) is 4.38. The van der Waals surface area contributed by atoms with E-state index < -0.39 is 17.7 Å². The van der Waals surface area contributed by atoms with E-state index in [0.717, 1.165) is 12.8 Å².